The predicted molar refractivity (Wildman–Crippen MR) is 111 cm³/mol. The second-order valence-corrected chi connectivity index (χ2v) is 7.99. The molecule has 2 aromatic carbocycles. The third-order valence-electron chi connectivity index (χ3n) is 6.29. The quantitative estimate of drug-likeness (QED) is 0.681. The van der Waals surface area contributed by atoms with E-state index in [2.05, 4.69) is 46.8 Å². The summed E-state index contributed by atoms with van der Waals surface area (Å²) in [5, 5.41) is 0. The zero-order valence-corrected chi connectivity index (χ0v) is 16.7. The summed E-state index contributed by atoms with van der Waals surface area (Å²) in [6.45, 7) is 3.20. The number of amides is 1. The molecule has 29 heavy (non-hydrogen) atoms. The molecule has 3 aromatic rings. The average molecular weight is 390 g/mol. The molecule has 3 heterocycles. The van der Waals surface area contributed by atoms with E-state index in [9.17, 15) is 4.79 Å². The fourth-order valence-corrected chi connectivity index (χ4v) is 4.66. The van der Waals surface area contributed by atoms with Gasteiger partial charge in [-0.15, -0.1) is 0 Å². The van der Waals surface area contributed by atoms with Crippen molar-refractivity contribution in [3.05, 3.63) is 66.0 Å². The van der Waals surface area contributed by atoms with E-state index in [1.165, 1.54) is 5.52 Å². The number of aromatic nitrogens is 2. The molecule has 1 amide bonds. The first-order chi connectivity index (χ1) is 14.2. The van der Waals surface area contributed by atoms with E-state index in [1.807, 2.05) is 29.2 Å². The molecule has 2 fully saturated rings. The Morgan fingerprint density at radius 3 is 2.52 bits per heavy atom. The molecule has 0 spiro atoms. The highest BCUT2D eigenvalue weighted by Gasteiger charge is 2.40. The van der Waals surface area contributed by atoms with Crippen molar-refractivity contribution in [2.45, 2.75) is 31.5 Å². The largest absolute Gasteiger partial charge is 0.447 e. The first-order valence-corrected chi connectivity index (χ1v) is 10.3. The molecule has 150 valence electrons. The third-order valence-corrected chi connectivity index (χ3v) is 6.29. The van der Waals surface area contributed by atoms with Crippen molar-refractivity contribution < 1.29 is 9.53 Å². The Hall–Kier alpha value is -2.86. The highest BCUT2D eigenvalue weighted by molar-refractivity contribution is 5.75. The Morgan fingerprint density at radius 2 is 1.76 bits per heavy atom. The van der Waals surface area contributed by atoms with Crippen LogP contribution in [0.5, 0.6) is 0 Å². The van der Waals surface area contributed by atoms with Crippen molar-refractivity contribution >= 4 is 17.1 Å². The van der Waals surface area contributed by atoms with Gasteiger partial charge in [-0.25, -0.2) is 9.78 Å². The van der Waals surface area contributed by atoms with E-state index >= 15 is 0 Å². The molecule has 2 aliphatic rings. The highest BCUT2D eigenvalue weighted by atomic mass is 16.6. The third kappa shape index (κ3) is 3.38. The van der Waals surface area contributed by atoms with E-state index in [1.54, 1.807) is 0 Å². The Bertz CT molecular complexity index is 1010. The second kappa shape index (κ2) is 7.52. The van der Waals surface area contributed by atoms with Gasteiger partial charge in [-0.3, -0.25) is 9.80 Å². The van der Waals surface area contributed by atoms with Gasteiger partial charge in [0.2, 0.25) is 0 Å². The van der Waals surface area contributed by atoms with E-state index < -0.39 is 0 Å². The number of imidazole rings is 1. The summed E-state index contributed by atoms with van der Waals surface area (Å²) in [6, 6.07) is 18.7. The average Bonchev–Trinajstić information content (AvgIpc) is 3.30. The number of hydrogen-bond donors (Lipinski definition) is 0. The molecule has 0 unspecified atom stereocenters. The Balaban J connectivity index is 1.26. The van der Waals surface area contributed by atoms with Gasteiger partial charge in [0.1, 0.15) is 12.4 Å². The maximum absolute atomic E-state index is 12.5. The second-order valence-electron chi connectivity index (χ2n) is 7.99. The summed E-state index contributed by atoms with van der Waals surface area (Å²) >= 11 is 0. The maximum atomic E-state index is 12.5. The smallest absolute Gasteiger partial charge is 0.410 e. The number of fused-ring (bicyclic) bond motifs is 1. The van der Waals surface area contributed by atoms with Gasteiger partial charge < -0.3 is 9.30 Å². The molecule has 0 radical (unpaired) electrons. The van der Waals surface area contributed by atoms with Gasteiger partial charge >= 0.3 is 6.09 Å². The van der Waals surface area contributed by atoms with E-state index in [4.69, 9.17) is 9.72 Å². The Morgan fingerprint density at radius 1 is 1.03 bits per heavy atom. The molecule has 5 rings (SSSR count). The lowest BCUT2D eigenvalue weighted by atomic mass is 9.99. The van der Waals surface area contributed by atoms with Gasteiger partial charge in [0.15, 0.2) is 0 Å². The van der Waals surface area contributed by atoms with Crippen LogP contribution in [0.1, 0.15) is 30.3 Å². The zero-order chi connectivity index (χ0) is 19.8. The van der Waals surface area contributed by atoms with Crippen LogP contribution in [0.4, 0.5) is 4.79 Å². The number of rotatable bonds is 4. The van der Waals surface area contributed by atoms with Gasteiger partial charge in [0, 0.05) is 26.2 Å². The summed E-state index contributed by atoms with van der Waals surface area (Å²) < 4.78 is 7.60. The van der Waals surface area contributed by atoms with Crippen molar-refractivity contribution in [1.29, 1.82) is 0 Å². The molecule has 6 nitrogen and oxygen atoms in total. The van der Waals surface area contributed by atoms with Gasteiger partial charge in [-0.2, -0.15) is 0 Å². The van der Waals surface area contributed by atoms with Crippen LogP contribution in [-0.2, 0) is 18.3 Å². The number of nitrogens with zero attached hydrogens (tertiary/aromatic N) is 4. The van der Waals surface area contributed by atoms with Gasteiger partial charge in [0.05, 0.1) is 23.6 Å². The number of hydrogen-bond acceptors (Lipinski definition) is 4. The van der Waals surface area contributed by atoms with Crippen LogP contribution in [0, 0.1) is 0 Å². The van der Waals surface area contributed by atoms with Gasteiger partial charge in [-0.05, 0) is 30.5 Å². The van der Waals surface area contributed by atoms with Gasteiger partial charge in [-0.1, -0.05) is 42.5 Å². The molecule has 1 aromatic heterocycles. The Labute approximate surface area is 170 Å². The zero-order valence-electron chi connectivity index (χ0n) is 16.7. The first-order valence-electron chi connectivity index (χ1n) is 10.3. The lowest BCUT2D eigenvalue weighted by Crippen LogP contribution is -2.46. The maximum Gasteiger partial charge on any atom is 0.410 e. The number of benzene rings is 2. The number of carbonyl (C=O) groups excluding carboxylic acids is 1. The van der Waals surface area contributed by atoms with E-state index in [0.29, 0.717) is 6.61 Å². The number of cyclic esters (lactones) is 1. The van der Waals surface area contributed by atoms with Crippen LogP contribution < -0.4 is 0 Å². The lowest BCUT2D eigenvalue weighted by Gasteiger charge is -2.37. The molecular weight excluding hydrogens is 364 g/mol. The minimum Gasteiger partial charge on any atom is -0.447 e. The molecule has 0 bridgehead atoms. The summed E-state index contributed by atoms with van der Waals surface area (Å²) in [7, 11) is 2.09. The summed E-state index contributed by atoms with van der Waals surface area (Å²) in [4.78, 5) is 21.7. The first kappa shape index (κ1) is 18.2. The van der Waals surface area contributed by atoms with Crippen molar-refractivity contribution in [3.8, 4) is 0 Å². The van der Waals surface area contributed by atoms with Crippen LogP contribution in [0.3, 0.4) is 0 Å². The normalized spacial score (nSPS) is 21.1. The molecule has 1 atom stereocenters. The van der Waals surface area contributed by atoms with Crippen LogP contribution >= 0.6 is 0 Å². The monoisotopic (exact) mass is 390 g/mol. The number of para-hydroxylation sites is 2. The van der Waals surface area contributed by atoms with Crippen molar-refractivity contribution in [3.63, 3.8) is 0 Å². The number of ether oxygens (including phenoxy) is 1. The van der Waals surface area contributed by atoms with E-state index in [0.717, 1.165) is 49.4 Å². The standard InChI is InChI=1S/C23H26N4O2/c1-25-20-10-6-5-9-19(20)24-22(25)15-26-13-11-18(12-14-26)27-21(16-29-23(27)28)17-7-3-2-4-8-17/h2-10,18,21H,11-16H2,1H3/t21-/m0/s1. The summed E-state index contributed by atoms with van der Waals surface area (Å²) in [5.74, 6) is 1.09. The molecule has 0 aliphatic carbocycles. The molecule has 2 saturated heterocycles. The summed E-state index contributed by atoms with van der Waals surface area (Å²) in [5.41, 5.74) is 3.37. The van der Waals surface area contributed by atoms with E-state index in [-0.39, 0.29) is 18.2 Å². The van der Waals surface area contributed by atoms with Crippen LogP contribution in [-0.4, -0.2) is 51.2 Å². The molecule has 6 heteroatoms. The molecular formula is C23H26N4O2. The fraction of sp³-hybridized carbons (Fsp3) is 0.391. The van der Waals surface area contributed by atoms with Crippen molar-refractivity contribution in [1.82, 2.24) is 19.4 Å². The minimum atomic E-state index is -0.173. The van der Waals surface area contributed by atoms with Crippen molar-refractivity contribution in [2.75, 3.05) is 19.7 Å². The van der Waals surface area contributed by atoms with Crippen LogP contribution in [0.25, 0.3) is 11.0 Å². The number of carbonyl (C=O) groups is 1. The minimum absolute atomic E-state index is 0.0279. The van der Waals surface area contributed by atoms with Crippen LogP contribution in [0.2, 0.25) is 0 Å². The topological polar surface area (TPSA) is 50.6 Å². The highest BCUT2D eigenvalue weighted by Crippen LogP contribution is 2.33. The summed E-state index contributed by atoms with van der Waals surface area (Å²) in [6.07, 6.45) is 1.75. The van der Waals surface area contributed by atoms with Crippen LogP contribution in [0.15, 0.2) is 54.6 Å². The number of piperidine rings is 1. The Kier molecular flexibility index (Phi) is 4.72. The molecule has 2 aliphatic heterocycles. The predicted octanol–water partition coefficient (Wildman–Crippen LogP) is 3.73. The SMILES string of the molecule is Cn1c(CN2CCC(N3C(=O)OC[C@H]3c3ccccc3)CC2)nc2ccccc21. The molecule has 0 N–H and O–H groups in total. The lowest BCUT2D eigenvalue weighted by molar-refractivity contribution is 0.102. The fourth-order valence-electron chi connectivity index (χ4n) is 4.66. The van der Waals surface area contributed by atoms with Gasteiger partial charge in [0.25, 0.3) is 0 Å². The number of aryl methyl sites for hydroxylation is 1. The number of likely N-dealkylation sites (tertiary alicyclic amines) is 1. The van der Waals surface area contributed by atoms with Crippen molar-refractivity contribution in [2.24, 2.45) is 7.05 Å². The molecule has 0 saturated carbocycles.